The smallest absolute Gasteiger partial charge is 0.278 e. The van der Waals surface area contributed by atoms with Crippen molar-refractivity contribution in [3.8, 4) is 5.75 Å². The van der Waals surface area contributed by atoms with Crippen molar-refractivity contribution in [3.63, 3.8) is 0 Å². The number of hydrogen-bond donors (Lipinski definition) is 2. The van der Waals surface area contributed by atoms with E-state index < -0.39 is 0 Å². The summed E-state index contributed by atoms with van der Waals surface area (Å²) in [5.41, 5.74) is 0.866. The second-order valence-electron chi connectivity index (χ2n) is 6.67. The first-order valence-corrected chi connectivity index (χ1v) is 10.3. The van der Waals surface area contributed by atoms with Gasteiger partial charge in [0.1, 0.15) is 5.75 Å². The summed E-state index contributed by atoms with van der Waals surface area (Å²) >= 11 is 7.50. The average molecular weight is 407 g/mol. The number of para-hydroxylation sites is 2. The van der Waals surface area contributed by atoms with Crippen LogP contribution >= 0.6 is 22.9 Å². The van der Waals surface area contributed by atoms with Crippen molar-refractivity contribution in [2.24, 2.45) is 0 Å². The van der Waals surface area contributed by atoms with Gasteiger partial charge in [-0.15, -0.1) is 17.9 Å². The van der Waals surface area contributed by atoms with E-state index in [1.165, 1.54) is 16.2 Å². The molecule has 0 spiro atoms. The van der Waals surface area contributed by atoms with Crippen LogP contribution < -0.4 is 9.80 Å². The molecule has 0 unspecified atom stereocenters. The molecule has 1 aromatic heterocycles. The molecule has 5 nitrogen and oxygen atoms in total. The lowest BCUT2D eigenvalue weighted by Gasteiger charge is -2.34. The number of piperazine rings is 1. The number of rotatable bonds is 7. The average Bonchev–Trinajstić information content (AvgIpc) is 3.07. The summed E-state index contributed by atoms with van der Waals surface area (Å²) in [7, 11) is 0. The number of anilines is 1. The Balaban J connectivity index is 1.54. The van der Waals surface area contributed by atoms with E-state index in [-0.39, 0.29) is 5.91 Å². The molecule has 1 aromatic carbocycles. The van der Waals surface area contributed by atoms with E-state index in [0.717, 1.165) is 41.1 Å². The van der Waals surface area contributed by atoms with Gasteiger partial charge in [-0.05, 0) is 24.3 Å². The number of aromatic hydroxyl groups is 1. The maximum Gasteiger partial charge on any atom is 0.278 e. The molecule has 7 heteroatoms. The van der Waals surface area contributed by atoms with Gasteiger partial charge in [0, 0.05) is 11.4 Å². The Labute approximate surface area is 169 Å². The quantitative estimate of drug-likeness (QED) is 0.692. The number of thiophene rings is 1. The van der Waals surface area contributed by atoms with Crippen LogP contribution in [0.5, 0.6) is 5.75 Å². The lowest BCUT2D eigenvalue weighted by Crippen LogP contribution is -3.15. The zero-order chi connectivity index (χ0) is 19.2. The van der Waals surface area contributed by atoms with E-state index in [0.29, 0.717) is 25.4 Å². The SMILES string of the molecule is C=CCN(Cc1ccc(Cl)s1)C(=O)C[NH+]1CCN(c2ccccc2O)CC1. The molecule has 0 atom stereocenters. The first-order valence-electron chi connectivity index (χ1n) is 9.06. The van der Waals surface area contributed by atoms with Gasteiger partial charge in [-0.3, -0.25) is 4.79 Å². The monoisotopic (exact) mass is 406 g/mol. The minimum Gasteiger partial charge on any atom is -0.506 e. The summed E-state index contributed by atoms with van der Waals surface area (Å²) in [5.74, 6) is 0.439. The number of quaternary nitrogens is 1. The Kier molecular flexibility index (Phi) is 6.77. The van der Waals surface area contributed by atoms with E-state index in [2.05, 4.69) is 11.5 Å². The number of nitrogens with one attached hydrogen (secondary N) is 1. The van der Waals surface area contributed by atoms with E-state index >= 15 is 0 Å². The van der Waals surface area contributed by atoms with Crippen molar-refractivity contribution in [1.29, 1.82) is 0 Å². The second kappa shape index (κ2) is 9.26. The number of nitrogens with zero attached hydrogens (tertiary/aromatic N) is 2. The standard InChI is InChI=1S/C20H24ClN3O2S/c1-2-9-24(14-16-7-8-19(21)27-16)20(26)15-22-10-12-23(13-11-22)17-5-3-4-6-18(17)25/h2-8,25H,1,9-15H2/p+1. The highest BCUT2D eigenvalue weighted by Gasteiger charge is 2.25. The summed E-state index contributed by atoms with van der Waals surface area (Å²) in [6.07, 6.45) is 1.76. The fraction of sp³-hybridized carbons (Fsp3) is 0.350. The van der Waals surface area contributed by atoms with Gasteiger partial charge in [-0.2, -0.15) is 0 Å². The predicted octanol–water partition coefficient (Wildman–Crippen LogP) is 2.03. The first-order chi connectivity index (χ1) is 13.1. The predicted molar refractivity (Wildman–Crippen MR) is 111 cm³/mol. The molecule has 1 amide bonds. The number of carbonyl (C=O) groups excluding carboxylic acids is 1. The molecule has 2 N–H and O–H groups in total. The van der Waals surface area contributed by atoms with Gasteiger partial charge in [0.25, 0.3) is 5.91 Å². The molecule has 3 rings (SSSR count). The molecular weight excluding hydrogens is 382 g/mol. The Morgan fingerprint density at radius 2 is 2.04 bits per heavy atom. The largest absolute Gasteiger partial charge is 0.506 e. The van der Waals surface area contributed by atoms with E-state index in [1.807, 2.05) is 35.2 Å². The Hall–Kier alpha value is -2.02. The minimum atomic E-state index is 0.130. The normalized spacial score (nSPS) is 14.9. The number of hydrogen-bond acceptors (Lipinski definition) is 4. The van der Waals surface area contributed by atoms with Gasteiger partial charge in [0.15, 0.2) is 6.54 Å². The number of phenols is 1. The second-order valence-corrected chi connectivity index (χ2v) is 8.47. The van der Waals surface area contributed by atoms with Crippen molar-refractivity contribution in [2.45, 2.75) is 6.54 Å². The molecule has 0 radical (unpaired) electrons. The van der Waals surface area contributed by atoms with E-state index in [9.17, 15) is 9.90 Å². The molecule has 2 heterocycles. The van der Waals surface area contributed by atoms with Crippen LogP contribution in [-0.4, -0.2) is 55.2 Å². The third-order valence-electron chi connectivity index (χ3n) is 4.77. The first kappa shape index (κ1) is 19.7. The van der Waals surface area contributed by atoms with Crippen molar-refractivity contribution in [2.75, 3.05) is 44.2 Å². The Morgan fingerprint density at radius 1 is 1.30 bits per heavy atom. The summed E-state index contributed by atoms with van der Waals surface area (Å²) < 4.78 is 0.738. The Morgan fingerprint density at radius 3 is 2.67 bits per heavy atom. The fourth-order valence-corrected chi connectivity index (χ4v) is 4.44. The van der Waals surface area contributed by atoms with E-state index in [1.54, 1.807) is 12.1 Å². The van der Waals surface area contributed by atoms with Gasteiger partial charge in [0.2, 0.25) is 0 Å². The molecule has 1 aliphatic heterocycles. The lowest BCUT2D eigenvalue weighted by atomic mass is 10.2. The molecule has 0 bridgehead atoms. The van der Waals surface area contributed by atoms with Crippen molar-refractivity contribution in [3.05, 3.63) is 58.3 Å². The lowest BCUT2D eigenvalue weighted by molar-refractivity contribution is -0.892. The van der Waals surface area contributed by atoms with Gasteiger partial charge >= 0.3 is 0 Å². The fourth-order valence-electron chi connectivity index (χ4n) is 3.33. The molecule has 1 fully saturated rings. The van der Waals surface area contributed by atoms with Crippen LogP contribution in [0, 0.1) is 0 Å². The van der Waals surface area contributed by atoms with Crippen LogP contribution in [0.25, 0.3) is 0 Å². The molecule has 0 aliphatic carbocycles. The molecule has 1 saturated heterocycles. The third kappa shape index (κ3) is 5.25. The van der Waals surface area contributed by atoms with Crippen molar-refractivity contribution < 1.29 is 14.8 Å². The minimum absolute atomic E-state index is 0.130. The third-order valence-corrected chi connectivity index (χ3v) is 5.99. The van der Waals surface area contributed by atoms with Crippen LogP contribution in [-0.2, 0) is 11.3 Å². The van der Waals surface area contributed by atoms with Gasteiger partial charge in [-0.25, -0.2) is 0 Å². The molecule has 0 saturated carbocycles. The van der Waals surface area contributed by atoms with Crippen molar-refractivity contribution in [1.82, 2.24) is 4.90 Å². The molecule has 144 valence electrons. The van der Waals surface area contributed by atoms with Gasteiger partial charge in [-0.1, -0.05) is 29.8 Å². The Bertz CT molecular complexity index is 787. The highest BCUT2D eigenvalue weighted by atomic mass is 35.5. The van der Waals surface area contributed by atoms with Crippen LogP contribution in [0.3, 0.4) is 0 Å². The summed E-state index contributed by atoms with van der Waals surface area (Å²) in [6.45, 7) is 8.73. The number of halogens is 1. The zero-order valence-electron chi connectivity index (χ0n) is 15.2. The highest BCUT2D eigenvalue weighted by Crippen LogP contribution is 2.26. The number of phenolic OH excluding ortho intramolecular Hbond substituents is 1. The number of amides is 1. The van der Waals surface area contributed by atoms with Crippen LogP contribution in [0.2, 0.25) is 4.34 Å². The zero-order valence-corrected chi connectivity index (χ0v) is 16.8. The molecular formula is C20H25ClN3O2S+. The summed E-state index contributed by atoms with van der Waals surface area (Å²) in [6, 6.07) is 11.2. The molecule has 27 heavy (non-hydrogen) atoms. The molecule has 2 aromatic rings. The maximum absolute atomic E-state index is 12.8. The summed E-state index contributed by atoms with van der Waals surface area (Å²) in [5, 5.41) is 10.0. The van der Waals surface area contributed by atoms with Crippen molar-refractivity contribution >= 4 is 34.5 Å². The van der Waals surface area contributed by atoms with E-state index in [4.69, 9.17) is 11.6 Å². The molecule has 1 aliphatic rings. The van der Waals surface area contributed by atoms with Gasteiger partial charge in [0.05, 0.1) is 42.7 Å². The number of carbonyl (C=O) groups is 1. The number of benzene rings is 1. The van der Waals surface area contributed by atoms with Gasteiger partial charge < -0.3 is 19.8 Å². The van der Waals surface area contributed by atoms with Crippen LogP contribution in [0.15, 0.2) is 49.1 Å². The van der Waals surface area contributed by atoms with Crippen LogP contribution in [0.4, 0.5) is 5.69 Å². The van der Waals surface area contributed by atoms with Crippen LogP contribution in [0.1, 0.15) is 4.88 Å². The summed E-state index contributed by atoms with van der Waals surface area (Å²) in [4.78, 5) is 19.2. The topological polar surface area (TPSA) is 48.2 Å². The highest BCUT2D eigenvalue weighted by molar-refractivity contribution is 7.16. The maximum atomic E-state index is 12.8.